The van der Waals surface area contributed by atoms with Crippen LogP contribution in [-0.4, -0.2) is 0 Å². The van der Waals surface area contributed by atoms with Crippen LogP contribution in [0.4, 0.5) is 5.69 Å². The van der Waals surface area contributed by atoms with E-state index in [1.807, 2.05) is 18.2 Å². The van der Waals surface area contributed by atoms with Crippen molar-refractivity contribution >= 4 is 21.6 Å². The summed E-state index contributed by atoms with van der Waals surface area (Å²) in [5, 5.41) is 12.4. The molecule has 0 fully saturated rings. The second-order valence-corrected chi connectivity index (χ2v) is 5.72. The molecule has 20 heavy (non-hydrogen) atoms. The summed E-state index contributed by atoms with van der Waals surface area (Å²) in [4.78, 5) is 0. The molecule has 102 valence electrons. The number of aryl methyl sites for hydroxylation is 1. The maximum atomic E-state index is 9.00. The Kier molecular flexibility index (Phi) is 4.81. The molecule has 2 nitrogen and oxygen atoms in total. The molecule has 0 aliphatic rings. The van der Waals surface area contributed by atoms with Gasteiger partial charge in [0.25, 0.3) is 0 Å². The number of hydrogen-bond acceptors (Lipinski definition) is 2. The van der Waals surface area contributed by atoms with Crippen molar-refractivity contribution in [2.75, 3.05) is 5.32 Å². The van der Waals surface area contributed by atoms with Gasteiger partial charge in [-0.2, -0.15) is 5.26 Å². The number of nitrogens with zero attached hydrogens (tertiary/aromatic N) is 1. The average Bonchev–Trinajstić information content (AvgIpc) is 2.46. The topological polar surface area (TPSA) is 35.8 Å². The SMILES string of the molecule is CCc1ccc(C(C)Nc2cc(Br)cc(C#N)c2)cc1. The van der Waals surface area contributed by atoms with Crippen LogP contribution in [0.25, 0.3) is 0 Å². The minimum atomic E-state index is 0.196. The monoisotopic (exact) mass is 328 g/mol. The molecule has 0 saturated heterocycles. The van der Waals surface area contributed by atoms with Gasteiger partial charge >= 0.3 is 0 Å². The van der Waals surface area contributed by atoms with Crippen molar-refractivity contribution in [2.24, 2.45) is 0 Å². The summed E-state index contributed by atoms with van der Waals surface area (Å²) in [6.07, 6.45) is 1.05. The van der Waals surface area contributed by atoms with Gasteiger partial charge in [0.1, 0.15) is 0 Å². The molecule has 0 spiro atoms. The van der Waals surface area contributed by atoms with Crippen LogP contribution in [0.3, 0.4) is 0 Å². The first-order valence-corrected chi connectivity index (χ1v) is 7.47. The first kappa shape index (κ1) is 14.6. The molecule has 1 atom stereocenters. The van der Waals surface area contributed by atoms with Crippen LogP contribution >= 0.6 is 15.9 Å². The van der Waals surface area contributed by atoms with Crippen LogP contribution in [-0.2, 0) is 6.42 Å². The molecular formula is C17H17BrN2. The Morgan fingerprint density at radius 1 is 1.20 bits per heavy atom. The van der Waals surface area contributed by atoms with Gasteiger partial charge in [-0.25, -0.2) is 0 Å². The quantitative estimate of drug-likeness (QED) is 0.851. The minimum absolute atomic E-state index is 0.196. The smallest absolute Gasteiger partial charge is 0.0992 e. The number of halogens is 1. The molecule has 0 radical (unpaired) electrons. The van der Waals surface area contributed by atoms with E-state index >= 15 is 0 Å². The van der Waals surface area contributed by atoms with Crippen molar-refractivity contribution in [3.63, 3.8) is 0 Å². The molecule has 0 amide bonds. The lowest BCUT2D eigenvalue weighted by molar-refractivity contribution is 0.882. The molecule has 0 aliphatic heterocycles. The first-order valence-electron chi connectivity index (χ1n) is 6.68. The summed E-state index contributed by atoms with van der Waals surface area (Å²) in [7, 11) is 0. The van der Waals surface area contributed by atoms with Gasteiger partial charge in [-0.05, 0) is 42.7 Å². The number of hydrogen-bond donors (Lipinski definition) is 1. The molecule has 2 aromatic carbocycles. The normalized spacial score (nSPS) is 11.7. The summed E-state index contributed by atoms with van der Waals surface area (Å²) >= 11 is 3.43. The van der Waals surface area contributed by atoms with Crippen LogP contribution in [0.2, 0.25) is 0 Å². The number of anilines is 1. The summed E-state index contributed by atoms with van der Waals surface area (Å²) < 4.78 is 0.910. The average molecular weight is 329 g/mol. The van der Waals surface area contributed by atoms with Crippen LogP contribution in [0.1, 0.15) is 36.6 Å². The van der Waals surface area contributed by atoms with Gasteiger partial charge in [-0.15, -0.1) is 0 Å². The van der Waals surface area contributed by atoms with E-state index in [0.29, 0.717) is 5.56 Å². The van der Waals surface area contributed by atoms with Crippen molar-refractivity contribution < 1.29 is 0 Å². The summed E-state index contributed by atoms with van der Waals surface area (Å²) in [5.41, 5.74) is 4.18. The van der Waals surface area contributed by atoms with Crippen molar-refractivity contribution in [1.82, 2.24) is 0 Å². The fourth-order valence-electron chi connectivity index (χ4n) is 2.11. The zero-order valence-electron chi connectivity index (χ0n) is 11.7. The van der Waals surface area contributed by atoms with Gasteiger partial charge < -0.3 is 5.32 Å². The predicted molar refractivity (Wildman–Crippen MR) is 86.7 cm³/mol. The number of nitrogens with one attached hydrogen (secondary N) is 1. The lowest BCUT2D eigenvalue weighted by Crippen LogP contribution is -2.06. The molecular weight excluding hydrogens is 312 g/mol. The van der Waals surface area contributed by atoms with E-state index in [2.05, 4.69) is 65.4 Å². The van der Waals surface area contributed by atoms with Crippen molar-refractivity contribution in [3.05, 3.63) is 63.6 Å². The van der Waals surface area contributed by atoms with Crippen LogP contribution in [0.5, 0.6) is 0 Å². The Labute approximate surface area is 128 Å². The van der Waals surface area contributed by atoms with Crippen molar-refractivity contribution in [1.29, 1.82) is 5.26 Å². The lowest BCUT2D eigenvalue weighted by Gasteiger charge is -2.16. The largest absolute Gasteiger partial charge is 0.378 e. The van der Waals surface area contributed by atoms with Gasteiger partial charge in [0.2, 0.25) is 0 Å². The highest BCUT2D eigenvalue weighted by molar-refractivity contribution is 9.10. The number of rotatable bonds is 4. The van der Waals surface area contributed by atoms with E-state index < -0.39 is 0 Å². The molecule has 0 aliphatic carbocycles. The fraction of sp³-hybridized carbons (Fsp3) is 0.235. The molecule has 0 aromatic heterocycles. The Bertz CT molecular complexity index is 626. The Morgan fingerprint density at radius 2 is 1.90 bits per heavy atom. The van der Waals surface area contributed by atoms with Crippen LogP contribution < -0.4 is 5.32 Å². The van der Waals surface area contributed by atoms with Gasteiger partial charge in [0, 0.05) is 16.2 Å². The van der Waals surface area contributed by atoms with Crippen molar-refractivity contribution in [2.45, 2.75) is 26.3 Å². The standard InChI is InChI=1S/C17H17BrN2/c1-3-13-4-6-15(7-5-13)12(2)20-17-9-14(11-19)8-16(18)10-17/h4-10,12,20H,3H2,1-2H3. The van der Waals surface area contributed by atoms with E-state index in [-0.39, 0.29) is 6.04 Å². The molecule has 2 aromatic rings. The summed E-state index contributed by atoms with van der Waals surface area (Å²) in [5.74, 6) is 0. The van der Waals surface area contributed by atoms with Crippen LogP contribution in [0, 0.1) is 11.3 Å². The maximum absolute atomic E-state index is 9.00. The molecule has 0 heterocycles. The first-order chi connectivity index (χ1) is 9.62. The van der Waals surface area contributed by atoms with Gasteiger partial charge in [0.05, 0.1) is 11.6 Å². The van der Waals surface area contributed by atoms with Gasteiger partial charge in [-0.3, -0.25) is 0 Å². The summed E-state index contributed by atoms with van der Waals surface area (Å²) in [6, 6.07) is 16.6. The zero-order valence-corrected chi connectivity index (χ0v) is 13.2. The van der Waals surface area contributed by atoms with Gasteiger partial charge in [0.15, 0.2) is 0 Å². The third-order valence-electron chi connectivity index (χ3n) is 3.30. The molecule has 0 bridgehead atoms. The molecule has 3 heteroatoms. The lowest BCUT2D eigenvalue weighted by atomic mass is 10.0. The number of benzene rings is 2. The Hall–Kier alpha value is -1.79. The molecule has 1 N–H and O–H groups in total. The van der Waals surface area contributed by atoms with Crippen LogP contribution in [0.15, 0.2) is 46.9 Å². The second kappa shape index (κ2) is 6.58. The van der Waals surface area contributed by atoms with E-state index in [1.54, 1.807) is 0 Å². The van der Waals surface area contributed by atoms with Crippen molar-refractivity contribution in [3.8, 4) is 6.07 Å². The zero-order chi connectivity index (χ0) is 14.5. The second-order valence-electron chi connectivity index (χ2n) is 4.80. The predicted octanol–water partition coefficient (Wildman–Crippen LogP) is 5.06. The highest BCUT2D eigenvalue weighted by Crippen LogP contribution is 2.24. The molecule has 2 rings (SSSR count). The van der Waals surface area contributed by atoms with E-state index in [0.717, 1.165) is 16.6 Å². The Morgan fingerprint density at radius 3 is 2.50 bits per heavy atom. The van der Waals surface area contributed by atoms with E-state index in [9.17, 15) is 0 Å². The molecule has 1 unspecified atom stereocenters. The van der Waals surface area contributed by atoms with Gasteiger partial charge in [-0.1, -0.05) is 47.1 Å². The molecule has 0 saturated carbocycles. The third-order valence-corrected chi connectivity index (χ3v) is 3.76. The van der Waals surface area contributed by atoms with E-state index in [4.69, 9.17) is 5.26 Å². The highest BCUT2D eigenvalue weighted by atomic mass is 79.9. The Balaban J connectivity index is 2.16. The minimum Gasteiger partial charge on any atom is -0.378 e. The maximum Gasteiger partial charge on any atom is 0.0992 e. The fourth-order valence-corrected chi connectivity index (χ4v) is 2.61. The third kappa shape index (κ3) is 3.61. The summed E-state index contributed by atoms with van der Waals surface area (Å²) in [6.45, 7) is 4.27. The number of nitriles is 1. The van der Waals surface area contributed by atoms with E-state index in [1.165, 1.54) is 11.1 Å². The highest BCUT2D eigenvalue weighted by Gasteiger charge is 2.06.